The van der Waals surface area contributed by atoms with Gasteiger partial charge in [-0.2, -0.15) is 0 Å². The maximum absolute atomic E-state index is 5.99. The second kappa shape index (κ2) is 5.11. The van der Waals surface area contributed by atoms with E-state index in [0.29, 0.717) is 27.2 Å². The number of fused-ring (bicyclic) bond motifs is 1. The molecule has 0 aliphatic rings. The van der Waals surface area contributed by atoms with Crippen LogP contribution in [0.3, 0.4) is 0 Å². The molecule has 2 aromatic heterocycles. The first-order chi connectivity index (χ1) is 9.63. The fourth-order valence-electron chi connectivity index (χ4n) is 1.79. The molecule has 0 amide bonds. The molecule has 2 heterocycles. The number of aromatic nitrogens is 3. The van der Waals surface area contributed by atoms with Crippen molar-refractivity contribution in [1.29, 1.82) is 0 Å². The maximum atomic E-state index is 5.99. The van der Waals surface area contributed by atoms with E-state index in [1.54, 1.807) is 24.4 Å². The molecule has 0 aliphatic carbocycles. The highest BCUT2D eigenvalue weighted by Crippen LogP contribution is 2.28. The van der Waals surface area contributed by atoms with Crippen LogP contribution >= 0.6 is 23.2 Å². The number of hydrogen-bond acceptors (Lipinski definition) is 5. The lowest BCUT2D eigenvalue weighted by atomic mass is 10.2. The number of rotatable bonds is 2. The van der Waals surface area contributed by atoms with E-state index in [4.69, 9.17) is 28.9 Å². The Labute approximate surface area is 124 Å². The lowest BCUT2D eigenvalue weighted by Crippen LogP contribution is -1.98. The van der Waals surface area contributed by atoms with E-state index in [1.165, 1.54) is 6.33 Å². The number of anilines is 3. The van der Waals surface area contributed by atoms with Crippen LogP contribution in [0.1, 0.15) is 0 Å². The zero-order valence-corrected chi connectivity index (χ0v) is 11.7. The standard InChI is InChI=1S/C13H9Cl2N5/c14-9-2-1-7(3-10(9)15)20-13-8-4-12(16)17-5-11(8)18-6-19-13/h1-6H,(H2,16,17)(H,18,19,20). The molecular formula is C13H9Cl2N5. The average Bonchev–Trinajstić information content (AvgIpc) is 2.44. The van der Waals surface area contributed by atoms with E-state index in [9.17, 15) is 0 Å². The van der Waals surface area contributed by atoms with Gasteiger partial charge in [-0.3, -0.25) is 0 Å². The quantitative estimate of drug-likeness (QED) is 0.755. The van der Waals surface area contributed by atoms with Gasteiger partial charge in [0.2, 0.25) is 0 Å². The third-order valence-electron chi connectivity index (χ3n) is 2.73. The molecule has 0 aliphatic heterocycles. The number of pyridine rings is 1. The summed E-state index contributed by atoms with van der Waals surface area (Å²) < 4.78 is 0. The highest BCUT2D eigenvalue weighted by molar-refractivity contribution is 6.42. The summed E-state index contributed by atoms with van der Waals surface area (Å²) in [5, 5.41) is 4.92. The molecule has 0 unspecified atom stereocenters. The molecule has 0 atom stereocenters. The van der Waals surface area contributed by atoms with Crippen molar-refractivity contribution in [3.63, 3.8) is 0 Å². The first-order valence-corrected chi connectivity index (χ1v) is 6.47. The number of halogens is 2. The maximum Gasteiger partial charge on any atom is 0.141 e. The number of nitrogens with zero attached hydrogens (tertiary/aromatic N) is 3. The van der Waals surface area contributed by atoms with Crippen molar-refractivity contribution >= 4 is 51.4 Å². The first kappa shape index (κ1) is 12.9. The fourth-order valence-corrected chi connectivity index (χ4v) is 2.08. The number of hydrogen-bond donors (Lipinski definition) is 2. The van der Waals surface area contributed by atoms with Crippen molar-refractivity contribution in [2.75, 3.05) is 11.1 Å². The summed E-state index contributed by atoms with van der Waals surface area (Å²) in [5.74, 6) is 1.03. The van der Waals surface area contributed by atoms with Crippen molar-refractivity contribution in [3.8, 4) is 0 Å². The Morgan fingerprint density at radius 2 is 1.85 bits per heavy atom. The average molecular weight is 306 g/mol. The Hall–Kier alpha value is -2.11. The van der Waals surface area contributed by atoms with E-state index >= 15 is 0 Å². The molecule has 3 rings (SSSR count). The summed E-state index contributed by atoms with van der Waals surface area (Å²) in [6.07, 6.45) is 3.06. The van der Waals surface area contributed by atoms with E-state index < -0.39 is 0 Å². The SMILES string of the molecule is Nc1cc2c(Nc3ccc(Cl)c(Cl)c3)ncnc2cn1. The van der Waals surface area contributed by atoms with Gasteiger partial charge in [0, 0.05) is 11.1 Å². The van der Waals surface area contributed by atoms with Crippen molar-refractivity contribution in [2.45, 2.75) is 0 Å². The molecule has 0 saturated carbocycles. The minimum Gasteiger partial charge on any atom is -0.384 e. The molecular weight excluding hydrogens is 297 g/mol. The van der Waals surface area contributed by atoms with Crippen LogP contribution in [0, 0.1) is 0 Å². The number of nitrogen functional groups attached to an aromatic ring is 1. The van der Waals surface area contributed by atoms with E-state index in [0.717, 1.165) is 11.1 Å². The number of benzene rings is 1. The van der Waals surface area contributed by atoms with Crippen LogP contribution in [0.5, 0.6) is 0 Å². The molecule has 0 radical (unpaired) electrons. The van der Waals surface area contributed by atoms with Crippen LogP contribution in [-0.2, 0) is 0 Å². The lowest BCUT2D eigenvalue weighted by Gasteiger charge is -2.09. The summed E-state index contributed by atoms with van der Waals surface area (Å²) in [7, 11) is 0. The van der Waals surface area contributed by atoms with E-state index in [1.807, 2.05) is 6.07 Å². The van der Waals surface area contributed by atoms with Crippen LogP contribution in [0.2, 0.25) is 10.0 Å². The molecule has 0 spiro atoms. The Morgan fingerprint density at radius 1 is 1.00 bits per heavy atom. The van der Waals surface area contributed by atoms with Gasteiger partial charge in [-0.25, -0.2) is 15.0 Å². The Kier molecular flexibility index (Phi) is 3.30. The summed E-state index contributed by atoms with van der Waals surface area (Å²) >= 11 is 11.9. The van der Waals surface area contributed by atoms with Crippen molar-refractivity contribution in [2.24, 2.45) is 0 Å². The van der Waals surface area contributed by atoms with Crippen LogP contribution in [0.15, 0.2) is 36.8 Å². The molecule has 7 heteroatoms. The molecule has 0 fully saturated rings. The van der Waals surface area contributed by atoms with Gasteiger partial charge in [-0.15, -0.1) is 0 Å². The normalized spacial score (nSPS) is 10.7. The summed E-state index contributed by atoms with van der Waals surface area (Å²) in [5.41, 5.74) is 7.18. The van der Waals surface area contributed by atoms with Gasteiger partial charge in [-0.05, 0) is 24.3 Å². The molecule has 20 heavy (non-hydrogen) atoms. The van der Waals surface area contributed by atoms with Gasteiger partial charge in [-0.1, -0.05) is 23.2 Å². The molecule has 3 aromatic rings. The molecule has 5 nitrogen and oxygen atoms in total. The van der Waals surface area contributed by atoms with Gasteiger partial charge in [0.1, 0.15) is 18.0 Å². The summed E-state index contributed by atoms with van der Waals surface area (Å²) in [4.78, 5) is 12.4. The van der Waals surface area contributed by atoms with Crippen LogP contribution in [-0.4, -0.2) is 15.0 Å². The second-order valence-electron chi connectivity index (χ2n) is 4.10. The molecule has 100 valence electrons. The van der Waals surface area contributed by atoms with E-state index in [2.05, 4.69) is 20.3 Å². The summed E-state index contributed by atoms with van der Waals surface area (Å²) in [6, 6.07) is 6.97. The van der Waals surface area contributed by atoms with Crippen LogP contribution in [0.25, 0.3) is 10.9 Å². The van der Waals surface area contributed by atoms with Crippen molar-refractivity contribution < 1.29 is 0 Å². The van der Waals surface area contributed by atoms with Crippen molar-refractivity contribution in [3.05, 3.63) is 46.8 Å². The minimum atomic E-state index is 0.407. The molecule has 0 saturated heterocycles. The fraction of sp³-hybridized carbons (Fsp3) is 0. The summed E-state index contributed by atoms with van der Waals surface area (Å²) in [6.45, 7) is 0. The Balaban J connectivity index is 2.05. The zero-order valence-electron chi connectivity index (χ0n) is 10.1. The smallest absolute Gasteiger partial charge is 0.141 e. The van der Waals surface area contributed by atoms with Crippen LogP contribution in [0.4, 0.5) is 17.3 Å². The topological polar surface area (TPSA) is 76.7 Å². The number of nitrogens with two attached hydrogens (primary N) is 1. The van der Waals surface area contributed by atoms with Gasteiger partial charge < -0.3 is 11.1 Å². The largest absolute Gasteiger partial charge is 0.384 e. The van der Waals surface area contributed by atoms with E-state index in [-0.39, 0.29) is 0 Å². The predicted molar refractivity (Wildman–Crippen MR) is 81.5 cm³/mol. The Morgan fingerprint density at radius 3 is 2.65 bits per heavy atom. The second-order valence-corrected chi connectivity index (χ2v) is 4.92. The first-order valence-electron chi connectivity index (χ1n) is 5.72. The third kappa shape index (κ3) is 2.45. The van der Waals surface area contributed by atoms with Crippen LogP contribution < -0.4 is 11.1 Å². The highest BCUT2D eigenvalue weighted by Gasteiger charge is 2.06. The molecule has 0 bridgehead atoms. The molecule has 1 aromatic carbocycles. The zero-order chi connectivity index (χ0) is 14.1. The predicted octanol–water partition coefficient (Wildman–Crippen LogP) is 3.66. The lowest BCUT2D eigenvalue weighted by molar-refractivity contribution is 1.20. The van der Waals surface area contributed by atoms with Gasteiger partial charge >= 0.3 is 0 Å². The third-order valence-corrected chi connectivity index (χ3v) is 3.46. The number of nitrogens with one attached hydrogen (secondary N) is 1. The van der Waals surface area contributed by atoms with Crippen molar-refractivity contribution in [1.82, 2.24) is 15.0 Å². The van der Waals surface area contributed by atoms with Gasteiger partial charge in [0.05, 0.1) is 21.8 Å². The Bertz CT molecular complexity index is 791. The van der Waals surface area contributed by atoms with Gasteiger partial charge in [0.15, 0.2) is 0 Å². The molecule has 3 N–H and O–H groups in total. The highest BCUT2D eigenvalue weighted by atomic mass is 35.5. The van der Waals surface area contributed by atoms with Gasteiger partial charge in [0.25, 0.3) is 0 Å². The minimum absolute atomic E-state index is 0.407. The monoisotopic (exact) mass is 305 g/mol.